The van der Waals surface area contributed by atoms with E-state index in [0.29, 0.717) is 6.04 Å². The Balaban J connectivity index is 2.32. The van der Waals surface area contributed by atoms with E-state index in [1.807, 2.05) is 11.7 Å². The molecule has 2 unspecified atom stereocenters. The lowest BCUT2D eigenvalue weighted by molar-refractivity contribution is 0.624. The number of aromatic nitrogens is 2. The quantitative estimate of drug-likeness (QED) is 0.875. The van der Waals surface area contributed by atoms with Crippen LogP contribution in [0.15, 0.2) is 0 Å². The summed E-state index contributed by atoms with van der Waals surface area (Å²) in [6.07, 6.45) is 3.30. The average molecular weight is 236 g/mol. The average Bonchev–Trinajstić information content (AvgIpc) is 2.69. The summed E-state index contributed by atoms with van der Waals surface area (Å²) in [7, 11) is 2.00. The van der Waals surface area contributed by atoms with Crippen LogP contribution in [0.2, 0.25) is 0 Å². The normalized spacial score (nSPS) is 24.6. The van der Waals surface area contributed by atoms with Gasteiger partial charge in [0, 0.05) is 19.6 Å². The fourth-order valence-corrected chi connectivity index (χ4v) is 2.94. The van der Waals surface area contributed by atoms with E-state index in [1.54, 1.807) is 0 Å². The van der Waals surface area contributed by atoms with Gasteiger partial charge in [-0.25, -0.2) is 0 Å². The summed E-state index contributed by atoms with van der Waals surface area (Å²) in [5, 5.41) is 4.55. The van der Waals surface area contributed by atoms with Gasteiger partial charge in [-0.3, -0.25) is 4.68 Å². The Kier molecular flexibility index (Phi) is 3.31. The molecular formula is C13H24N4. The predicted molar refractivity (Wildman–Crippen MR) is 72.2 cm³/mol. The molecule has 4 nitrogen and oxygen atoms in total. The van der Waals surface area contributed by atoms with Gasteiger partial charge in [0.2, 0.25) is 0 Å². The van der Waals surface area contributed by atoms with Gasteiger partial charge in [-0.05, 0) is 25.7 Å². The molecule has 1 aromatic rings. The van der Waals surface area contributed by atoms with Crippen molar-refractivity contribution in [3.05, 3.63) is 5.69 Å². The number of rotatable bonds is 3. The topological polar surface area (TPSA) is 47.1 Å². The Labute approximate surface area is 104 Å². The maximum atomic E-state index is 6.25. The van der Waals surface area contributed by atoms with Crippen LogP contribution in [0.1, 0.15) is 39.3 Å². The minimum atomic E-state index is 0.567. The molecule has 1 aliphatic rings. The van der Waals surface area contributed by atoms with Crippen molar-refractivity contribution in [3.8, 4) is 0 Å². The van der Waals surface area contributed by atoms with Gasteiger partial charge in [0.05, 0.1) is 11.4 Å². The van der Waals surface area contributed by atoms with Crippen LogP contribution in [-0.4, -0.2) is 22.4 Å². The summed E-state index contributed by atoms with van der Waals surface area (Å²) in [6, 6.07) is 0.567. The van der Waals surface area contributed by atoms with E-state index in [4.69, 9.17) is 5.73 Å². The predicted octanol–water partition coefficient (Wildman–Crippen LogP) is 2.19. The van der Waals surface area contributed by atoms with Crippen LogP contribution in [0, 0.1) is 5.92 Å². The highest BCUT2D eigenvalue weighted by molar-refractivity contribution is 5.67. The summed E-state index contributed by atoms with van der Waals surface area (Å²) < 4.78 is 1.95. The van der Waals surface area contributed by atoms with Crippen LogP contribution in [0.4, 0.5) is 11.5 Å². The lowest BCUT2D eigenvalue weighted by Crippen LogP contribution is -2.29. The molecule has 1 fully saturated rings. The Bertz CT molecular complexity index is 396. The zero-order valence-electron chi connectivity index (χ0n) is 11.4. The number of nitrogen functional groups attached to an aromatic ring is 1. The highest BCUT2D eigenvalue weighted by atomic mass is 15.4. The van der Waals surface area contributed by atoms with E-state index >= 15 is 0 Å². The van der Waals surface area contributed by atoms with Crippen LogP contribution in [0.5, 0.6) is 0 Å². The Hall–Kier alpha value is -1.19. The van der Waals surface area contributed by atoms with Gasteiger partial charge in [0.25, 0.3) is 0 Å². The number of hydrogen-bond donors (Lipinski definition) is 1. The first kappa shape index (κ1) is 12.3. The molecule has 1 saturated heterocycles. The fraction of sp³-hybridized carbons (Fsp3) is 0.769. The van der Waals surface area contributed by atoms with Gasteiger partial charge in [-0.15, -0.1) is 0 Å². The van der Waals surface area contributed by atoms with E-state index < -0.39 is 0 Å². The summed E-state index contributed by atoms with van der Waals surface area (Å²) >= 11 is 0. The lowest BCUT2D eigenvalue weighted by Gasteiger charge is -2.24. The minimum absolute atomic E-state index is 0.567. The van der Waals surface area contributed by atoms with Crippen LogP contribution < -0.4 is 10.6 Å². The molecule has 2 heterocycles. The van der Waals surface area contributed by atoms with Crippen molar-refractivity contribution in [3.63, 3.8) is 0 Å². The Morgan fingerprint density at radius 3 is 2.65 bits per heavy atom. The third-order valence-electron chi connectivity index (χ3n) is 3.67. The molecule has 0 aliphatic carbocycles. The molecule has 0 spiro atoms. The van der Waals surface area contributed by atoms with Gasteiger partial charge in [0.1, 0.15) is 0 Å². The van der Waals surface area contributed by atoms with E-state index in [9.17, 15) is 0 Å². The van der Waals surface area contributed by atoms with Gasteiger partial charge < -0.3 is 10.6 Å². The maximum Gasteiger partial charge on any atom is 0.150 e. The zero-order valence-corrected chi connectivity index (χ0v) is 11.4. The highest BCUT2D eigenvalue weighted by Crippen LogP contribution is 2.34. The maximum absolute atomic E-state index is 6.25. The summed E-state index contributed by atoms with van der Waals surface area (Å²) in [5.74, 6) is 1.86. The molecule has 0 saturated carbocycles. The Morgan fingerprint density at radius 2 is 2.12 bits per heavy atom. The molecule has 0 bridgehead atoms. The molecule has 2 atom stereocenters. The first-order valence-corrected chi connectivity index (χ1v) is 6.62. The van der Waals surface area contributed by atoms with Crippen molar-refractivity contribution < 1.29 is 0 Å². The second-order valence-electron chi connectivity index (χ2n) is 5.40. The third kappa shape index (κ3) is 2.13. The molecule has 2 N–H and O–H groups in total. The number of nitrogens with two attached hydrogens (primary N) is 1. The molecule has 96 valence electrons. The number of aryl methyl sites for hydroxylation is 2. The van der Waals surface area contributed by atoms with E-state index in [-0.39, 0.29) is 0 Å². The second-order valence-corrected chi connectivity index (χ2v) is 5.40. The SMILES string of the molecule is CCCc1nn(C)c(N2CC(C)CC2C)c1N. The fourth-order valence-electron chi connectivity index (χ4n) is 2.94. The monoisotopic (exact) mass is 236 g/mol. The second kappa shape index (κ2) is 4.59. The van der Waals surface area contributed by atoms with Crippen molar-refractivity contribution in [2.75, 3.05) is 17.2 Å². The van der Waals surface area contributed by atoms with Crippen LogP contribution >= 0.6 is 0 Å². The molecule has 4 heteroatoms. The van der Waals surface area contributed by atoms with Gasteiger partial charge in [-0.1, -0.05) is 20.3 Å². The summed E-state index contributed by atoms with van der Waals surface area (Å²) in [4.78, 5) is 2.41. The van der Waals surface area contributed by atoms with Crippen molar-refractivity contribution in [1.29, 1.82) is 0 Å². The molecule has 1 aromatic heterocycles. The molecule has 2 rings (SSSR count). The van der Waals surface area contributed by atoms with E-state index in [2.05, 4.69) is 30.8 Å². The van der Waals surface area contributed by atoms with Crippen molar-refractivity contribution in [2.24, 2.45) is 13.0 Å². The first-order valence-electron chi connectivity index (χ1n) is 6.62. The van der Waals surface area contributed by atoms with E-state index in [0.717, 1.165) is 42.5 Å². The number of anilines is 2. The molecule has 0 amide bonds. The smallest absolute Gasteiger partial charge is 0.150 e. The van der Waals surface area contributed by atoms with Crippen molar-refractivity contribution in [1.82, 2.24) is 9.78 Å². The van der Waals surface area contributed by atoms with Crippen molar-refractivity contribution in [2.45, 2.75) is 46.1 Å². The minimum Gasteiger partial charge on any atom is -0.394 e. The standard InChI is InChI=1S/C13H24N4/c1-5-6-11-12(14)13(16(4)15-11)17-8-9(2)7-10(17)3/h9-10H,5-8,14H2,1-4H3. The molecular weight excluding hydrogens is 212 g/mol. The van der Waals surface area contributed by atoms with Gasteiger partial charge in [-0.2, -0.15) is 5.10 Å². The van der Waals surface area contributed by atoms with Crippen LogP contribution in [0.3, 0.4) is 0 Å². The van der Waals surface area contributed by atoms with E-state index in [1.165, 1.54) is 6.42 Å². The molecule has 17 heavy (non-hydrogen) atoms. The molecule has 1 aliphatic heterocycles. The Morgan fingerprint density at radius 1 is 1.41 bits per heavy atom. The first-order chi connectivity index (χ1) is 8.04. The lowest BCUT2D eigenvalue weighted by atomic mass is 10.1. The molecule has 0 aromatic carbocycles. The van der Waals surface area contributed by atoms with Crippen LogP contribution in [0.25, 0.3) is 0 Å². The third-order valence-corrected chi connectivity index (χ3v) is 3.67. The van der Waals surface area contributed by atoms with Gasteiger partial charge in [0.15, 0.2) is 5.82 Å². The highest BCUT2D eigenvalue weighted by Gasteiger charge is 2.30. The van der Waals surface area contributed by atoms with Crippen LogP contribution in [-0.2, 0) is 13.5 Å². The number of nitrogens with zero attached hydrogens (tertiary/aromatic N) is 3. The van der Waals surface area contributed by atoms with Crippen molar-refractivity contribution >= 4 is 11.5 Å². The molecule has 0 radical (unpaired) electrons. The zero-order chi connectivity index (χ0) is 12.6. The largest absolute Gasteiger partial charge is 0.394 e. The van der Waals surface area contributed by atoms with Gasteiger partial charge >= 0.3 is 0 Å². The summed E-state index contributed by atoms with van der Waals surface area (Å²) in [5.41, 5.74) is 8.19. The summed E-state index contributed by atoms with van der Waals surface area (Å²) in [6.45, 7) is 7.83. The number of hydrogen-bond acceptors (Lipinski definition) is 3.